The first-order valence-corrected chi connectivity index (χ1v) is 9.14. The van der Waals surface area contributed by atoms with Crippen LogP contribution >= 0.6 is 0 Å². The summed E-state index contributed by atoms with van der Waals surface area (Å²) in [4.78, 5) is 0. The molecule has 22 heavy (non-hydrogen) atoms. The largest absolute Gasteiger partial charge is 0.411 e. The van der Waals surface area contributed by atoms with Crippen molar-refractivity contribution < 1.29 is 5.21 Å². The Kier molecular flexibility index (Phi) is 11.4. The second kappa shape index (κ2) is 13.4. The first-order valence-electron chi connectivity index (χ1n) is 9.14. The smallest absolute Gasteiger partial charge is 0.0867 e. The molecular formula is C20H33NO. The van der Waals surface area contributed by atoms with Crippen molar-refractivity contribution in [1.82, 2.24) is 0 Å². The van der Waals surface area contributed by atoms with Crippen LogP contribution in [0, 0.1) is 0 Å². The standard InChI is InChI=1S/C20H33NO/c1-2-3-4-5-6-7-8-9-10-11-15-18-20(21-22)19-16-13-12-14-17-19/h12-14,16-17,22H,2-11,15,18H2,1H3/b21-20-. The van der Waals surface area contributed by atoms with E-state index in [9.17, 15) is 0 Å². The van der Waals surface area contributed by atoms with Crippen molar-refractivity contribution in [3.8, 4) is 0 Å². The van der Waals surface area contributed by atoms with Gasteiger partial charge in [-0.3, -0.25) is 0 Å². The summed E-state index contributed by atoms with van der Waals surface area (Å²) >= 11 is 0. The molecule has 0 unspecified atom stereocenters. The lowest BCUT2D eigenvalue weighted by Gasteiger charge is -2.05. The van der Waals surface area contributed by atoms with E-state index in [0.717, 1.165) is 24.1 Å². The molecular weight excluding hydrogens is 270 g/mol. The van der Waals surface area contributed by atoms with E-state index in [1.54, 1.807) is 0 Å². The van der Waals surface area contributed by atoms with Crippen LogP contribution in [-0.2, 0) is 0 Å². The van der Waals surface area contributed by atoms with E-state index >= 15 is 0 Å². The average Bonchev–Trinajstić information content (AvgIpc) is 2.57. The number of hydrogen-bond donors (Lipinski definition) is 1. The topological polar surface area (TPSA) is 32.6 Å². The molecule has 0 atom stereocenters. The van der Waals surface area contributed by atoms with Gasteiger partial charge >= 0.3 is 0 Å². The fourth-order valence-corrected chi connectivity index (χ4v) is 2.84. The maximum atomic E-state index is 9.13. The Morgan fingerprint density at radius 3 is 1.77 bits per heavy atom. The van der Waals surface area contributed by atoms with Gasteiger partial charge in [0.25, 0.3) is 0 Å². The van der Waals surface area contributed by atoms with Crippen molar-refractivity contribution in [2.75, 3.05) is 0 Å². The van der Waals surface area contributed by atoms with Crippen molar-refractivity contribution in [2.24, 2.45) is 5.16 Å². The fourth-order valence-electron chi connectivity index (χ4n) is 2.84. The van der Waals surface area contributed by atoms with Gasteiger partial charge in [0.15, 0.2) is 0 Å². The third-order valence-electron chi connectivity index (χ3n) is 4.24. The summed E-state index contributed by atoms with van der Waals surface area (Å²) in [6.07, 6.45) is 15.6. The van der Waals surface area contributed by atoms with Crippen LogP contribution in [0.1, 0.15) is 89.5 Å². The number of oxime groups is 1. The van der Waals surface area contributed by atoms with E-state index in [1.807, 2.05) is 30.3 Å². The second-order valence-electron chi connectivity index (χ2n) is 6.20. The molecule has 2 nitrogen and oxygen atoms in total. The summed E-state index contributed by atoms with van der Waals surface area (Å²) in [5.74, 6) is 0. The molecule has 0 saturated carbocycles. The Bertz CT molecular complexity index is 386. The van der Waals surface area contributed by atoms with Crippen LogP contribution in [0.3, 0.4) is 0 Å². The first-order chi connectivity index (χ1) is 10.9. The van der Waals surface area contributed by atoms with E-state index in [2.05, 4.69) is 12.1 Å². The minimum absolute atomic E-state index is 0.816. The summed E-state index contributed by atoms with van der Waals surface area (Å²) in [5.41, 5.74) is 1.86. The van der Waals surface area contributed by atoms with Gasteiger partial charge in [-0.1, -0.05) is 107 Å². The average molecular weight is 303 g/mol. The Hall–Kier alpha value is -1.31. The van der Waals surface area contributed by atoms with Gasteiger partial charge in [0.05, 0.1) is 5.71 Å². The summed E-state index contributed by atoms with van der Waals surface area (Å²) in [7, 11) is 0. The normalized spacial score (nSPS) is 11.8. The third-order valence-corrected chi connectivity index (χ3v) is 4.24. The molecule has 0 aliphatic carbocycles. The van der Waals surface area contributed by atoms with Crippen molar-refractivity contribution in [2.45, 2.75) is 84.0 Å². The van der Waals surface area contributed by atoms with Crippen molar-refractivity contribution in [3.63, 3.8) is 0 Å². The van der Waals surface area contributed by atoms with Gasteiger partial charge in [0, 0.05) is 0 Å². The molecule has 0 aliphatic rings. The van der Waals surface area contributed by atoms with E-state index in [-0.39, 0.29) is 0 Å². The van der Waals surface area contributed by atoms with Crippen LogP contribution < -0.4 is 0 Å². The molecule has 1 rings (SSSR count). The lowest BCUT2D eigenvalue weighted by atomic mass is 10.0. The minimum atomic E-state index is 0.816. The molecule has 0 spiro atoms. The molecule has 1 aromatic rings. The maximum Gasteiger partial charge on any atom is 0.0867 e. The zero-order chi connectivity index (χ0) is 15.9. The van der Waals surface area contributed by atoms with Gasteiger partial charge < -0.3 is 5.21 Å². The molecule has 0 amide bonds. The molecule has 0 heterocycles. The molecule has 2 heteroatoms. The molecule has 0 fully saturated rings. The summed E-state index contributed by atoms with van der Waals surface area (Å²) < 4.78 is 0. The van der Waals surface area contributed by atoms with Gasteiger partial charge in [0.1, 0.15) is 0 Å². The molecule has 0 saturated heterocycles. The molecule has 1 N–H and O–H groups in total. The highest BCUT2D eigenvalue weighted by Crippen LogP contribution is 2.13. The van der Waals surface area contributed by atoms with Crippen LogP contribution in [-0.4, -0.2) is 10.9 Å². The summed E-state index contributed by atoms with van der Waals surface area (Å²) in [6.45, 7) is 2.27. The molecule has 124 valence electrons. The predicted molar refractivity (Wildman–Crippen MR) is 95.8 cm³/mol. The van der Waals surface area contributed by atoms with Gasteiger partial charge in [-0.25, -0.2) is 0 Å². The summed E-state index contributed by atoms with van der Waals surface area (Å²) in [6, 6.07) is 9.98. The Labute approximate surface area is 136 Å². The van der Waals surface area contributed by atoms with Crippen LogP contribution in [0.2, 0.25) is 0 Å². The number of nitrogens with zero attached hydrogens (tertiary/aromatic N) is 1. The van der Waals surface area contributed by atoms with E-state index < -0.39 is 0 Å². The first kappa shape index (κ1) is 18.7. The van der Waals surface area contributed by atoms with E-state index in [0.29, 0.717) is 0 Å². The third kappa shape index (κ3) is 8.86. The van der Waals surface area contributed by atoms with E-state index in [1.165, 1.54) is 64.2 Å². The van der Waals surface area contributed by atoms with Crippen LogP contribution in [0.25, 0.3) is 0 Å². The monoisotopic (exact) mass is 303 g/mol. The highest BCUT2D eigenvalue weighted by atomic mass is 16.4. The second-order valence-corrected chi connectivity index (χ2v) is 6.20. The molecule has 1 aromatic carbocycles. The van der Waals surface area contributed by atoms with Crippen molar-refractivity contribution in [3.05, 3.63) is 35.9 Å². The minimum Gasteiger partial charge on any atom is -0.411 e. The fraction of sp³-hybridized carbons (Fsp3) is 0.650. The zero-order valence-electron chi connectivity index (χ0n) is 14.3. The SMILES string of the molecule is CCCCCCCCCCCCC/C(=N/O)c1ccccc1. The number of unbranched alkanes of at least 4 members (excludes halogenated alkanes) is 10. The van der Waals surface area contributed by atoms with Gasteiger partial charge in [0.2, 0.25) is 0 Å². The number of benzene rings is 1. The Morgan fingerprint density at radius 2 is 1.27 bits per heavy atom. The molecule has 0 bridgehead atoms. The summed E-state index contributed by atoms with van der Waals surface area (Å²) in [5, 5.41) is 12.6. The molecule has 0 aliphatic heterocycles. The Morgan fingerprint density at radius 1 is 0.773 bits per heavy atom. The Balaban J connectivity index is 1.97. The lowest BCUT2D eigenvalue weighted by molar-refractivity contribution is 0.317. The lowest BCUT2D eigenvalue weighted by Crippen LogP contribution is -2.00. The predicted octanol–water partition coefficient (Wildman–Crippen LogP) is 6.57. The van der Waals surface area contributed by atoms with Crippen LogP contribution in [0.15, 0.2) is 35.5 Å². The van der Waals surface area contributed by atoms with Gasteiger partial charge in [-0.05, 0) is 18.4 Å². The van der Waals surface area contributed by atoms with Crippen molar-refractivity contribution in [1.29, 1.82) is 0 Å². The molecule has 0 aromatic heterocycles. The van der Waals surface area contributed by atoms with Crippen LogP contribution in [0.5, 0.6) is 0 Å². The number of hydrogen-bond acceptors (Lipinski definition) is 2. The van der Waals surface area contributed by atoms with Gasteiger partial charge in [-0.15, -0.1) is 0 Å². The zero-order valence-corrected chi connectivity index (χ0v) is 14.3. The highest BCUT2D eigenvalue weighted by molar-refractivity contribution is 6.00. The maximum absolute atomic E-state index is 9.13. The molecule has 0 radical (unpaired) electrons. The van der Waals surface area contributed by atoms with Crippen LogP contribution in [0.4, 0.5) is 0 Å². The number of rotatable bonds is 13. The highest BCUT2D eigenvalue weighted by Gasteiger charge is 2.03. The van der Waals surface area contributed by atoms with E-state index in [4.69, 9.17) is 5.21 Å². The van der Waals surface area contributed by atoms with Gasteiger partial charge in [-0.2, -0.15) is 0 Å². The quantitative estimate of drug-likeness (QED) is 0.190. The van der Waals surface area contributed by atoms with Crippen molar-refractivity contribution >= 4 is 5.71 Å².